The lowest BCUT2D eigenvalue weighted by Crippen LogP contribution is -2.14. The highest BCUT2D eigenvalue weighted by atomic mass is 32.1. The molecule has 0 N–H and O–H groups in total. The van der Waals surface area contributed by atoms with E-state index in [4.69, 9.17) is 0 Å². The Morgan fingerprint density at radius 1 is 0.488 bits per heavy atom. The van der Waals surface area contributed by atoms with Crippen molar-refractivity contribution in [2.24, 2.45) is 0 Å². The third-order valence-electron chi connectivity index (χ3n) is 8.68. The van der Waals surface area contributed by atoms with Gasteiger partial charge in [-0.05, 0) is 58.1 Å². The number of fused-ring (bicyclic) bond motifs is 6. The van der Waals surface area contributed by atoms with Crippen molar-refractivity contribution in [2.45, 2.75) is 19.3 Å². The van der Waals surface area contributed by atoms with Gasteiger partial charge < -0.3 is 4.90 Å². The maximum absolute atomic E-state index is 2.46. The van der Waals surface area contributed by atoms with Gasteiger partial charge in [0.2, 0.25) is 0 Å². The van der Waals surface area contributed by atoms with Gasteiger partial charge in [-0.2, -0.15) is 0 Å². The van der Waals surface area contributed by atoms with Gasteiger partial charge in [0.1, 0.15) is 0 Å². The van der Waals surface area contributed by atoms with E-state index in [9.17, 15) is 0 Å². The van der Waals surface area contributed by atoms with Gasteiger partial charge in [-0.15, -0.1) is 11.3 Å². The number of rotatable bonds is 4. The van der Waals surface area contributed by atoms with Crippen molar-refractivity contribution in [1.29, 1.82) is 0 Å². The fourth-order valence-corrected chi connectivity index (χ4v) is 7.98. The molecular weight excluding hydrogens is 515 g/mol. The molecule has 0 unspecified atom stereocenters. The van der Waals surface area contributed by atoms with Crippen LogP contribution in [-0.4, -0.2) is 0 Å². The lowest BCUT2D eigenvalue weighted by Gasteiger charge is -2.29. The standard InChI is InChI=1S/C39H29NS/c1-39(2)32-21-9-6-18-31(32)37-29(19-12-22-33(37)39)27-16-7-10-23-34(27)40(26-14-4-3-5-15-26)35-24-13-20-30-28-17-8-11-25-36(28)41-38(30)35/h3-25H,1-2H3. The molecule has 196 valence electrons. The SMILES string of the molecule is CC1(C)c2ccccc2-c2c(-c3ccccc3N(c3ccccc3)c3cccc4c3sc3ccccc34)cccc21. The van der Waals surface area contributed by atoms with Gasteiger partial charge in [-0.25, -0.2) is 0 Å². The smallest absolute Gasteiger partial charge is 0.0640 e. The molecule has 0 bridgehead atoms. The van der Waals surface area contributed by atoms with Gasteiger partial charge in [0.25, 0.3) is 0 Å². The van der Waals surface area contributed by atoms with E-state index in [0.717, 1.165) is 5.69 Å². The minimum absolute atomic E-state index is 0.0430. The third kappa shape index (κ3) is 3.61. The van der Waals surface area contributed by atoms with E-state index in [1.807, 2.05) is 11.3 Å². The summed E-state index contributed by atoms with van der Waals surface area (Å²) in [6.07, 6.45) is 0. The van der Waals surface area contributed by atoms with Crippen LogP contribution < -0.4 is 4.90 Å². The van der Waals surface area contributed by atoms with Gasteiger partial charge in [0, 0.05) is 32.1 Å². The number of thiophene rings is 1. The fourth-order valence-electron chi connectivity index (χ4n) is 6.77. The molecule has 1 heterocycles. The summed E-state index contributed by atoms with van der Waals surface area (Å²) in [6.45, 7) is 4.71. The van der Waals surface area contributed by atoms with Gasteiger partial charge >= 0.3 is 0 Å². The zero-order valence-corrected chi connectivity index (χ0v) is 24.0. The van der Waals surface area contributed by atoms with Crippen molar-refractivity contribution >= 4 is 48.6 Å². The van der Waals surface area contributed by atoms with Crippen LogP contribution in [0.4, 0.5) is 17.1 Å². The molecule has 6 aromatic carbocycles. The van der Waals surface area contributed by atoms with Crippen LogP contribution in [0, 0.1) is 0 Å². The minimum atomic E-state index is -0.0430. The van der Waals surface area contributed by atoms with E-state index < -0.39 is 0 Å². The fraction of sp³-hybridized carbons (Fsp3) is 0.0769. The van der Waals surface area contributed by atoms with Gasteiger partial charge in [0.15, 0.2) is 0 Å². The summed E-state index contributed by atoms with van der Waals surface area (Å²) in [5.74, 6) is 0. The number of hydrogen-bond acceptors (Lipinski definition) is 2. The normalized spacial score (nSPS) is 13.3. The van der Waals surface area contributed by atoms with Crippen LogP contribution in [0.1, 0.15) is 25.0 Å². The Bertz CT molecular complexity index is 2080. The molecule has 2 heteroatoms. The average Bonchev–Trinajstić information content (AvgIpc) is 3.52. The summed E-state index contributed by atoms with van der Waals surface area (Å²) in [4.78, 5) is 2.46. The first-order chi connectivity index (χ1) is 20.1. The first kappa shape index (κ1) is 24.2. The molecule has 0 radical (unpaired) electrons. The molecule has 0 saturated carbocycles. The van der Waals surface area contributed by atoms with Gasteiger partial charge in [-0.3, -0.25) is 0 Å². The molecule has 0 saturated heterocycles. The summed E-state index contributed by atoms with van der Waals surface area (Å²) in [7, 11) is 0. The van der Waals surface area contributed by atoms with E-state index in [-0.39, 0.29) is 5.41 Å². The van der Waals surface area contributed by atoms with Crippen LogP contribution in [-0.2, 0) is 5.41 Å². The van der Waals surface area contributed by atoms with Crippen LogP contribution >= 0.6 is 11.3 Å². The summed E-state index contributed by atoms with van der Waals surface area (Å²) in [6, 6.07) is 51.0. The van der Waals surface area contributed by atoms with Gasteiger partial charge in [-0.1, -0.05) is 123 Å². The van der Waals surface area contributed by atoms with E-state index in [1.165, 1.54) is 64.9 Å². The Hall–Kier alpha value is -4.66. The highest BCUT2D eigenvalue weighted by Crippen LogP contribution is 2.54. The highest BCUT2D eigenvalue weighted by molar-refractivity contribution is 7.26. The van der Waals surface area contributed by atoms with Crippen molar-refractivity contribution in [3.8, 4) is 22.3 Å². The van der Waals surface area contributed by atoms with Crippen molar-refractivity contribution in [2.75, 3.05) is 4.90 Å². The Labute approximate surface area is 245 Å². The number of para-hydroxylation sites is 2. The average molecular weight is 544 g/mol. The molecular formula is C39H29NS. The van der Waals surface area contributed by atoms with Crippen LogP contribution in [0.3, 0.4) is 0 Å². The highest BCUT2D eigenvalue weighted by Gasteiger charge is 2.37. The monoisotopic (exact) mass is 543 g/mol. The summed E-state index contributed by atoms with van der Waals surface area (Å²) < 4.78 is 2.62. The second-order valence-corrected chi connectivity index (χ2v) is 12.4. The van der Waals surface area contributed by atoms with Crippen LogP contribution in [0.15, 0.2) is 140 Å². The third-order valence-corrected chi connectivity index (χ3v) is 9.89. The first-order valence-corrected chi connectivity index (χ1v) is 15.0. The number of benzene rings is 6. The van der Waals surface area contributed by atoms with Crippen molar-refractivity contribution in [3.63, 3.8) is 0 Å². The van der Waals surface area contributed by atoms with Gasteiger partial charge in [0.05, 0.1) is 16.1 Å². The summed E-state index contributed by atoms with van der Waals surface area (Å²) >= 11 is 1.88. The second kappa shape index (κ2) is 9.19. The molecule has 1 aliphatic carbocycles. The summed E-state index contributed by atoms with van der Waals surface area (Å²) in [5.41, 5.74) is 11.5. The molecule has 7 aromatic rings. The van der Waals surface area contributed by atoms with Crippen molar-refractivity contribution < 1.29 is 0 Å². The van der Waals surface area contributed by atoms with Crippen molar-refractivity contribution in [1.82, 2.24) is 0 Å². The molecule has 1 nitrogen and oxygen atoms in total. The first-order valence-electron chi connectivity index (χ1n) is 14.2. The Balaban J connectivity index is 1.42. The molecule has 0 spiro atoms. The predicted molar refractivity (Wildman–Crippen MR) is 177 cm³/mol. The molecule has 1 aliphatic rings. The second-order valence-electron chi connectivity index (χ2n) is 11.3. The Kier molecular flexibility index (Phi) is 5.42. The maximum Gasteiger partial charge on any atom is 0.0640 e. The lowest BCUT2D eigenvalue weighted by atomic mass is 9.82. The molecule has 0 amide bonds. The van der Waals surface area contributed by atoms with E-state index in [0.29, 0.717) is 0 Å². The Morgan fingerprint density at radius 2 is 1.10 bits per heavy atom. The minimum Gasteiger partial charge on any atom is -0.308 e. The largest absolute Gasteiger partial charge is 0.308 e. The summed E-state index contributed by atoms with van der Waals surface area (Å²) in [5, 5.41) is 2.62. The maximum atomic E-state index is 2.46. The van der Waals surface area contributed by atoms with Crippen LogP contribution in [0.25, 0.3) is 42.4 Å². The van der Waals surface area contributed by atoms with E-state index >= 15 is 0 Å². The van der Waals surface area contributed by atoms with E-state index in [2.05, 4.69) is 158 Å². The molecule has 0 aliphatic heterocycles. The number of hydrogen-bond donors (Lipinski definition) is 0. The molecule has 1 aromatic heterocycles. The molecule has 8 rings (SSSR count). The Morgan fingerprint density at radius 3 is 1.98 bits per heavy atom. The molecule has 0 atom stereocenters. The van der Waals surface area contributed by atoms with Crippen molar-refractivity contribution in [3.05, 3.63) is 151 Å². The molecule has 41 heavy (non-hydrogen) atoms. The predicted octanol–water partition coefficient (Wildman–Crippen LogP) is 11.5. The van der Waals surface area contributed by atoms with E-state index in [1.54, 1.807) is 0 Å². The lowest BCUT2D eigenvalue weighted by molar-refractivity contribution is 0.660. The zero-order chi connectivity index (χ0) is 27.6. The zero-order valence-electron chi connectivity index (χ0n) is 23.1. The molecule has 0 fully saturated rings. The number of anilines is 3. The topological polar surface area (TPSA) is 3.24 Å². The van der Waals surface area contributed by atoms with Crippen LogP contribution in [0.2, 0.25) is 0 Å². The quantitative estimate of drug-likeness (QED) is 0.213. The number of nitrogens with zero attached hydrogens (tertiary/aromatic N) is 1. The van der Waals surface area contributed by atoms with Crippen LogP contribution in [0.5, 0.6) is 0 Å².